The van der Waals surface area contributed by atoms with Crippen molar-refractivity contribution in [3.63, 3.8) is 0 Å². The van der Waals surface area contributed by atoms with E-state index in [1.165, 1.54) is 24.3 Å². The number of benzene rings is 2. The van der Waals surface area contributed by atoms with Crippen LogP contribution in [0.1, 0.15) is 108 Å². The molecule has 286 valence electrons. The summed E-state index contributed by atoms with van der Waals surface area (Å²) in [5.74, 6) is -2.83. The topological polar surface area (TPSA) is 164 Å². The maximum atomic E-state index is 13.8. The van der Waals surface area contributed by atoms with E-state index in [0.29, 0.717) is 54.8 Å². The highest BCUT2D eigenvalue weighted by Crippen LogP contribution is 2.24. The van der Waals surface area contributed by atoms with E-state index in [2.05, 4.69) is 26.1 Å². The second-order valence-electron chi connectivity index (χ2n) is 14.9. The molecule has 3 aromatic rings. The van der Waals surface area contributed by atoms with Gasteiger partial charge < -0.3 is 25.3 Å². The van der Waals surface area contributed by atoms with Gasteiger partial charge in [-0.15, -0.1) is 10.2 Å². The number of amides is 4. The molecule has 14 heteroatoms. The molecule has 0 radical (unpaired) electrons. The molecule has 1 fully saturated rings. The normalized spacial score (nSPS) is 15.7. The highest BCUT2D eigenvalue weighted by Gasteiger charge is 2.37. The predicted molar refractivity (Wildman–Crippen MR) is 198 cm³/mol. The third-order valence-corrected chi connectivity index (χ3v) is 9.55. The van der Waals surface area contributed by atoms with Crippen LogP contribution in [0.25, 0.3) is 11.5 Å². The molecule has 1 aliphatic heterocycles. The van der Waals surface area contributed by atoms with Crippen LogP contribution >= 0.6 is 11.6 Å². The fourth-order valence-corrected chi connectivity index (χ4v) is 6.54. The monoisotopic (exact) mass is 752 g/mol. The zero-order valence-corrected chi connectivity index (χ0v) is 32.0. The standard InChI is InChI=1S/C39H50ClFN6O6/c1-23(2)32(34(50)37-46-45-36(53-37)25-15-17-28(41)18-16-25)43-31(49)22-29-13-10-20-47(29)38(52)33(24(3)4)42-30(48)14-7-8-19-39(5,6)44-35(51)26-11-9-12-27(40)21-26/h9,11-12,15-18,21,23-24,29,32-33H,7-8,10,13-14,19-20,22H2,1-6H3,(H,42,48)(H,43,49)(H,44,51). The molecular formula is C39H50ClFN6O6. The van der Waals surface area contributed by atoms with Crippen LogP contribution < -0.4 is 16.0 Å². The van der Waals surface area contributed by atoms with Crippen molar-refractivity contribution >= 4 is 41.0 Å². The van der Waals surface area contributed by atoms with Crippen LogP contribution in [0.5, 0.6) is 0 Å². The fraction of sp³-hybridized carbons (Fsp3) is 0.513. The van der Waals surface area contributed by atoms with Gasteiger partial charge in [0.05, 0.1) is 6.04 Å². The number of rotatable bonds is 17. The molecule has 0 aliphatic carbocycles. The molecule has 0 spiro atoms. The maximum absolute atomic E-state index is 13.8. The van der Waals surface area contributed by atoms with Crippen LogP contribution in [0.3, 0.4) is 0 Å². The van der Waals surface area contributed by atoms with E-state index in [1.807, 2.05) is 27.7 Å². The van der Waals surface area contributed by atoms with Crippen LogP contribution in [0.15, 0.2) is 52.9 Å². The van der Waals surface area contributed by atoms with Crippen molar-refractivity contribution in [2.45, 2.75) is 110 Å². The lowest BCUT2D eigenvalue weighted by atomic mass is 9.95. The van der Waals surface area contributed by atoms with Crippen LogP contribution in [0.2, 0.25) is 5.02 Å². The largest absolute Gasteiger partial charge is 0.414 e. The summed E-state index contributed by atoms with van der Waals surface area (Å²) in [6.07, 6.45) is 3.40. The van der Waals surface area contributed by atoms with Crippen molar-refractivity contribution in [1.29, 1.82) is 0 Å². The molecule has 1 saturated heterocycles. The van der Waals surface area contributed by atoms with Crippen molar-refractivity contribution in [3.8, 4) is 11.5 Å². The van der Waals surface area contributed by atoms with Gasteiger partial charge >= 0.3 is 0 Å². The second kappa shape index (κ2) is 18.4. The van der Waals surface area contributed by atoms with E-state index in [-0.39, 0.29) is 54.2 Å². The average molecular weight is 753 g/mol. The van der Waals surface area contributed by atoms with Crippen LogP contribution in [0.4, 0.5) is 4.39 Å². The number of nitrogens with one attached hydrogen (secondary N) is 3. The molecule has 1 aliphatic rings. The van der Waals surface area contributed by atoms with Gasteiger partial charge in [0, 0.05) is 47.1 Å². The SMILES string of the molecule is CC(C)C(NC(=O)CC1CCCN1C(=O)C(NC(=O)CCCCC(C)(C)NC(=O)c1cccc(Cl)c1)C(C)C)C(=O)c1nnc(-c2ccc(F)cc2)o1. The number of hydrogen-bond acceptors (Lipinski definition) is 8. The number of likely N-dealkylation sites (tertiary alicyclic amines) is 1. The Balaban J connectivity index is 1.27. The molecule has 4 rings (SSSR count). The Kier molecular flexibility index (Phi) is 14.3. The molecule has 0 bridgehead atoms. The number of unbranched alkanes of at least 4 members (excludes halogenated alkanes) is 1. The third-order valence-electron chi connectivity index (χ3n) is 9.32. The second-order valence-corrected chi connectivity index (χ2v) is 15.4. The number of halogens is 2. The predicted octanol–water partition coefficient (Wildman–Crippen LogP) is 6.14. The molecule has 3 unspecified atom stereocenters. The van der Waals surface area contributed by atoms with Crippen molar-refractivity contribution in [3.05, 3.63) is 70.8 Å². The molecule has 2 heterocycles. The van der Waals surface area contributed by atoms with Crippen molar-refractivity contribution in [1.82, 2.24) is 31.0 Å². The highest BCUT2D eigenvalue weighted by atomic mass is 35.5. The summed E-state index contributed by atoms with van der Waals surface area (Å²) in [7, 11) is 0. The van der Waals surface area contributed by atoms with Crippen LogP contribution in [0, 0.1) is 17.7 Å². The molecular weight excluding hydrogens is 703 g/mol. The Morgan fingerprint density at radius 3 is 2.28 bits per heavy atom. The number of carbonyl (C=O) groups excluding carboxylic acids is 5. The Morgan fingerprint density at radius 1 is 0.943 bits per heavy atom. The summed E-state index contributed by atoms with van der Waals surface area (Å²) in [5, 5.41) is 17.0. The van der Waals surface area contributed by atoms with E-state index in [0.717, 1.165) is 0 Å². The number of hydrogen-bond donors (Lipinski definition) is 3. The smallest absolute Gasteiger partial charge is 0.286 e. The first-order valence-electron chi connectivity index (χ1n) is 18.2. The molecule has 3 atom stereocenters. The molecule has 4 amide bonds. The highest BCUT2D eigenvalue weighted by molar-refractivity contribution is 6.31. The average Bonchev–Trinajstić information content (AvgIpc) is 3.78. The third kappa shape index (κ3) is 11.7. The Labute approximate surface area is 315 Å². The van der Waals surface area contributed by atoms with E-state index in [9.17, 15) is 28.4 Å². The van der Waals surface area contributed by atoms with Gasteiger partial charge in [0.25, 0.3) is 11.8 Å². The molecule has 53 heavy (non-hydrogen) atoms. The molecule has 2 aromatic carbocycles. The number of nitrogens with zero attached hydrogens (tertiary/aromatic N) is 3. The number of ketones is 1. The van der Waals surface area contributed by atoms with Crippen molar-refractivity contribution in [2.75, 3.05) is 6.54 Å². The number of Topliss-reactive ketones (excluding diaryl/α,β-unsaturated/α-hetero) is 1. The lowest BCUT2D eigenvalue weighted by Crippen LogP contribution is -2.53. The fourth-order valence-electron chi connectivity index (χ4n) is 6.35. The van der Waals surface area contributed by atoms with Crippen LogP contribution in [-0.4, -0.2) is 74.7 Å². The van der Waals surface area contributed by atoms with Gasteiger partial charge in [0.1, 0.15) is 11.9 Å². The van der Waals surface area contributed by atoms with Gasteiger partial charge in [-0.25, -0.2) is 4.39 Å². The van der Waals surface area contributed by atoms with E-state index >= 15 is 0 Å². The first kappa shape index (κ1) is 41.1. The van der Waals surface area contributed by atoms with E-state index in [1.54, 1.807) is 43.0 Å². The van der Waals surface area contributed by atoms with E-state index in [4.69, 9.17) is 16.0 Å². The lowest BCUT2D eigenvalue weighted by molar-refractivity contribution is -0.139. The van der Waals surface area contributed by atoms with Crippen molar-refractivity contribution in [2.24, 2.45) is 11.8 Å². The minimum atomic E-state index is -0.956. The first-order chi connectivity index (χ1) is 25.0. The quantitative estimate of drug-likeness (QED) is 0.109. The van der Waals surface area contributed by atoms with Gasteiger partial charge in [-0.3, -0.25) is 24.0 Å². The number of carbonyl (C=O) groups is 5. The van der Waals surface area contributed by atoms with Gasteiger partial charge in [-0.05, 0) is 93.8 Å². The molecule has 0 saturated carbocycles. The zero-order valence-electron chi connectivity index (χ0n) is 31.2. The first-order valence-corrected chi connectivity index (χ1v) is 18.5. The van der Waals surface area contributed by atoms with Gasteiger partial charge in [0.2, 0.25) is 29.4 Å². The minimum absolute atomic E-state index is 0.0186. The zero-order chi connectivity index (χ0) is 38.9. The Morgan fingerprint density at radius 2 is 1.62 bits per heavy atom. The van der Waals surface area contributed by atoms with Crippen molar-refractivity contribution < 1.29 is 32.8 Å². The Bertz CT molecular complexity index is 1760. The summed E-state index contributed by atoms with van der Waals surface area (Å²) in [6.45, 7) is 11.6. The summed E-state index contributed by atoms with van der Waals surface area (Å²) in [4.78, 5) is 67.8. The van der Waals surface area contributed by atoms with E-state index < -0.39 is 41.2 Å². The van der Waals surface area contributed by atoms with Crippen LogP contribution in [-0.2, 0) is 14.4 Å². The minimum Gasteiger partial charge on any atom is -0.414 e. The summed E-state index contributed by atoms with van der Waals surface area (Å²) < 4.78 is 18.9. The van der Waals surface area contributed by atoms with Gasteiger partial charge in [0.15, 0.2) is 0 Å². The van der Waals surface area contributed by atoms with Gasteiger partial charge in [-0.1, -0.05) is 51.8 Å². The van der Waals surface area contributed by atoms with Gasteiger partial charge in [-0.2, -0.15) is 0 Å². The number of aromatic nitrogens is 2. The summed E-state index contributed by atoms with van der Waals surface area (Å²) in [5.41, 5.74) is 0.416. The molecule has 12 nitrogen and oxygen atoms in total. The summed E-state index contributed by atoms with van der Waals surface area (Å²) in [6, 6.07) is 10.0. The molecule has 1 aromatic heterocycles. The maximum Gasteiger partial charge on any atom is 0.286 e. The summed E-state index contributed by atoms with van der Waals surface area (Å²) >= 11 is 6.02. The lowest BCUT2D eigenvalue weighted by Gasteiger charge is -2.31. The Hall–Kier alpha value is -4.65. The molecule has 3 N–H and O–H groups in total.